The van der Waals surface area contributed by atoms with Crippen LogP contribution in [-0.4, -0.2) is 50.8 Å². The Balaban J connectivity index is 1.56. The van der Waals surface area contributed by atoms with Crippen molar-refractivity contribution in [2.24, 2.45) is 5.41 Å². The number of rotatable bonds is 5. The number of nitrogens with zero attached hydrogens (tertiary/aromatic N) is 1. The first-order chi connectivity index (χ1) is 7.70. The second-order valence-electron chi connectivity index (χ2n) is 5.90. The van der Waals surface area contributed by atoms with E-state index in [4.69, 9.17) is 4.74 Å². The molecule has 2 rings (SSSR count). The summed E-state index contributed by atoms with van der Waals surface area (Å²) >= 11 is 0. The van der Waals surface area contributed by atoms with E-state index in [1.54, 1.807) is 0 Å². The lowest BCUT2D eigenvalue weighted by atomic mass is 9.88. The molecule has 0 amide bonds. The van der Waals surface area contributed by atoms with Crippen molar-refractivity contribution in [1.29, 1.82) is 0 Å². The molecule has 0 bridgehead atoms. The third-order valence-electron chi connectivity index (χ3n) is 4.03. The predicted octanol–water partition coefficient (Wildman–Crippen LogP) is 1.49. The molecule has 2 aliphatic heterocycles. The van der Waals surface area contributed by atoms with Gasteiger partial charge in [-0.1, -0.05) is 13.3 Å². The molecule has 1 N–H and O–H groups in total. The van der Waals surface area contributed by atoms with Gasteiger partial charge >= 0.3 is 0 Å². The highest BCUT2D eigenvalue weighted by Crippen LogP contribution is 2.25. The molecule has 2 aliphatic rings. The Morgan fingerprint density at radius 1 is 1.38 bits per heavy atom. The van der Waals surface area contributed by atoms with E-state index in [-0.39, 0.29) is 0 Å². The van der Waals surface area contributed by atoms with Crippen molar-refractivity contribution in [2.45, 2.75) is 38.6 Å². The van der Waals surface area contributed by atoms with Gasteiger partial charge in [-0.25, -0.2) is 0 Å². The molecular formula is C13H26N2O. The standard InChI is InChI=1S/C13H26N2O/c1-13(10-16-11-13)9-14-7-6-12-5-3-4-8-15(12)2/h12,14H,3-11H2,1-2H3. The van der Waals surface area contributed by atoms with Gasteiger partial charge in [0.25, 0.3) is 0 Å². The largest absolute Gasteiger partial charge is 0.380 e. The van der Waals surface area contributed by atoms with E-state index in [1.807, 2.05) is 0 Å². The lowest BCUT2D eigenvalue weighted by molar-refractivity contribution is -0.0990. The molecule has 0 radical (unpaired) electrons. The molecule has 3 nitrogen and oxygen atoms in total. The molecule has 0 aromatic rings. The molecule has 2 saturated heterocycles. The van der Waals surface area contributed by atoms with Gasteiger partial charge < -0.3 is 15.0 Å². The van der Waals surface area contributed by atoms with Crippen LogP contribution in [0.25, 0.3) is 0 Å². The normalized spacial score (nSPS) is 30.0. The first kappa shape index (κ1) is 12.3. The summed E-state index contributed by atoms with van der Waals surface area (Å²) in [5.74, 6) is 0. The van der Waals surface area contributed by atoms with Crippen LogP contribution >= 0.6 is 0 Å². The van der Waals surface area contributed by atoms with Gasteiger partial charge in [0.1, 0.15) is 0 Å². The highest BCUT2D eigenvalue weighted by molar-refractivity contribution is 4.83. The van der Waals surface area contributed by atoms with Gasteiger partial charge in [-0.05, 0) is 39.4 Å². The number of ether oxygens (including phenoxy) is 1. The van der Waals surface area contributed by atoms with Gasteiger partial charge in [0.2, 0.25) is 0 Å². The zero-order valence-electron chi connectivity index (χ0n) is 10.8. The van der Waals surface area contributed by atoms with Gasteiger partial charge in [0.15, 0.2) is 0 Å². The SMILES string of the molecule is CN1CCCCC1CCNCC1(C)COC1. The second-order valence-corrected chi connectivity index (χ2v) is 5.90. The van der Waals surface area contributed by atoms with Crippen LogP contribution in [0.4, 0.5) is 0 Å². The van der Waals surface area contributed by atoms with Gasteiger partial charge in [-0.2, -0.15) is 0 Å². The fourth-order valence-electron chi connectivity index (χ4n) is 2.72. The zero-order chi connectivity index (χ0) is 11.4. The molecule has 94 valence electrons. The molecule has 1 unspecified atom stereocenters. The van der Waals surface area contributed by atoms with Crippen molar-refractivity contribution in [3.8, 4) is 0 Å². The third kappa shape index (κ3) is 3.19. The summed E-state index contributed by atoms with van der Waals surface area (Å²) in [6.45, 7) is 7.73. The monoisotopic (exact) mass is 226 g/mol. The van der Waals surface area contributed by atoms with Crippen LogP contribution in [0.3, 0.4) is 0 Å². The molecule has 0 spiro atoms. The lowest BCUT2D eigenvalue weighted by Crippen LogP contribution is -2.48. The average molecular weight is 226 g/mol. The van der Waals surface area contributed by atoms with Crippen LogP contribution in [0.2, 0.25) is 0 Å². The molecule has 0 saturated carbocycles. The number of hydrogen-bond acceptors (Lipinski definition) is 3. The highest BCUT2D eigenvalue weighted by atomic mass is 16.5. The van der Waals surface area contributed by atoms with Crippen LogP contribution in [0.15, 0.2) is 0 Å². The van der Waals surface area contributed by atoms with Gasteiger partial charge in [0, 0.05) is 18.0 Å². The van der Waals surface area contributed by atoms with Crippen molar-refractivity contribution in [1.82, 2.24) is 10.2 Å². The molecular weight excluding hydrogens is 200 g/mol. The fourth-order valence-corrected chi connectivity index (χ4v) is 2.72. The minimum absolute atomic E-state index is 0.415. The highest BCUT2D eigenvalue weighted by Gasteiger charge is 2.32. The number of likely N-dealkylation sites (tertiary alicyclic amines) is 1. The first-order valence-electron chi connectivity index (χ1n) is 6.68. The van der Waals surface area contributed by atoms with Gasteiger partial charge in [0.05, 0.1) is 13.2 Å². The van der Waals surface area contributed by atoms with Crippen molar-refractivity contribution in [3.05, 3.63) is 0 Å². The summed E-state index contributed by atoms with van der Waals surface area (Å²) in [6, 6.07) is 0.812. The maximum absolute atomic E-state index is 5.25. The van der Waals surface area contributed by atoms with Crippen molar-refractivity contribution in [2.75, 3.05) is 39.9 Å². The van der Waals surface area contributed by atoms with Crippen molar-refractivity contribution < 1.29 is 4.74 Å². The van der Waals surface area contributed by atoms with Crippen LogP contribution in [-0.2, 0) is 4.74 Å². The summed E-state index contributed by atoms with van der Waals surface area (Å²) in [6.07, 6.45) is 5.49. The number of nitrogens with one attached hydrogen (secondary N) is 1. The molecule has 2 fully saturated rings. The fraction of sp³-hybridized carbons (Fsp3) is 1.00. The number of piperidine rings is 1. The molecule has 0 aromatic heterocycles. The van der Waals surface area contributed by atoms with E-state index in [2.05, 4.69) is 24.2 Å². The van der Waals surface area contributed by atoms with Gasteiger partial charge in [-0.3, -0.25) is 0 Å². The molecule has 0 aliphatic carbocycles. The zero-order valence-corrected chi connectivity index (χ0v) is 10.8. The lowest BCUT2D eigenvalue weighted by Gasteiger charge is -2.38. The van der Waals surface area contributed by atoms with Crippen molar-refractivity contribution >= 4 is 0 Å². The molecule has 2 heterocycles. The topological polar surface area (TPSA) is 24.5 Å². The number of hydrogen-bond donors (Lipinski definition) is 1. The van der Waals surface area contributed by atoms with Crippen molar-refractivity contribution in [3.63, 3.8) is 0 Å². The summed E-state index contributed by atoms with van der Waals surface area (Å²) in [4.78, 5) is 2.53. The first-order valence-corrected chi connectivity index (χ1v) is 6.68. The Bertz CT molecular complexity index is 216. The van der Waals surface area contributed by atoms with Crippen LogP contribution < -0.4 is 5.32 Å². The Morgan fingerprint density at radius 3 is 2.81 bits per heavy atom. The Labute approximate surface area is 99.5 Å². The maximum Gasteiger partial charge on any atom is 0.0554 e. The van der Waals surface area contributed by atoms with Gasteiger partial charge in [-0.15, -0.1) is 0 Å². The molecule has 16 heavy (non-hydrogen) atoms. The smallest absolute Gasteiger partial charge is 0.0554 e. The Hall–Kier alpha value is -0.120. The minimum atomic E-state index is 0.415. The quantitative estimate of drug-likeness (QED) is 0.719. The van der Waals surface area contributed by atoms with Crippen LogP contribution in [0.5, 0.6) is 0 Å². The predicted molar refractivity (Wildman–Crippen MR) is 66.7 cm³/mol. The van der Waals surface area contributed by atoms with E-state index >= 15 is 0 Å². The van der Waals surface area contributed by atoms with E-state index < -0.39 is 0 Å². The van der Waals surface area contributed by atoms with Crippen LogP contribution in [0, 0.1) is 5.41 Å². The van der Waals surface area contributed by atoms with E-state index in [0.29, 0.717) is 5.41 Å². The summed E-state index contributed by atoms with van der Waals surface area (Å²) < 4.78 is 5.25. The Kier molecular flexibility index (Phi) is 4.22. The Morgan fingerprint density at radius 2 is 2.19 bits per heavy atom. The van der Waals surface area contributed by atoms with Crippen LogP contribution in [0.1, 0.15) is 32.6 Å². The second kappa shape index (κ2) is 5.48. The average Bonchev–Trinajstić information content (AvgIpc) is 2.24. The van der Waals surface area contributed by atoms with E-state index in [9.17, 15) is 0 Å². The molecule has 3 heteroatoms. The summed E-state index contributed by atoms with van der Waals surface area (Å²) in [7, 11) is 2.27. The van der Waals surface area contributed by atoms with E-state index in [0.717, 1.165) is 32.3 Å². The molecule has 1 atom stereocenters. The maximum atomic E-state index is 5.25. The van der Waals surface area contributed by atoms with E-state index in [1.165, 1.54) is 32.2 Å². The minimum Gasteiger partial charge on any atom is -0.380 e. The third-order valence-corrected chi connectivity index (χ3v) is 4.03. The molecule has 0 aromatic carbocycles. The summed E-state index contributed by atoms with van der Waals surface area (Å²) in [5, 5.41) is 3.59. The summed E-state index contributed by atoms with van der Waals surface area (Å²) in [5.41, 5.74) is 0.415.